The number of aryl methyl sites for hydroxylation is 2. The summed E-state index contributed by atoms with van der Waals surface area (Å²) in [4.78, 5) is 43.1. The Kier molecular flexibility index (Phi) is 8.95. The normalized spacial score (nSPS) is 17.0. The summed E-state index contributed by atoms with van der Waals surface area (Å²) in [6.45, 7) is 8.78. The van der Waals surface area contributed by atoms with Crippen molar-refractivity contribution in [1.29, 1.82) is 0 Å². The maximum atomic E-state index is 12.9. The third kappa shape index (κ3) is 7.63. The van der Waals surface area contributed by atoms with Crippen LogP contribution in [0.25, 0.3) is 0 Å². The van der Waals surface area contributed by atoms with Gasteiger partial charge in [-0.2, -0.15) is 0 Å². The van der Waals surface area contributed by atoms with Gasteiger partial charge in [0.2, 0.25) is 5.91 Å². The van der Waals surface area contributed by atoms with Crippen molar-refractivity contribution in [1.82, 2.24) is 24.6 Å². The summed E-state index contributed by atoms with van der Waals surface area (Å²) in [7, 11) is 2.09. The number of nitrogens with one attached hydrogen (secondary N) is 1. The van der Waals surface area contributed by atoms with E-state index in [4.69, 9.17) is 16.5 Å². The molecule has 0 bridgehead atoms. The maximum absolute atomic E-state index is 12.9. The summed E-state index contributed by atoms with van der Waals surface area (Å²) in [5.41, 5.74) is 13.8. The number of hydrogen-bond donors (Lipinski definition) is 3. The molecule has 0 saturated carbocycles. The van der Waals surface area contributed by atoms with Crippen molar-refractivity contribution in [3.8, 4) is 0 Å². The summed E-state index contributed by atoms with van der Waals surface area (Å²) < 4.78 is 0. The van der Waals surface area contributed by atoms with Gasteiger partial charge in [0.05, 0.1) is 11.4 Å². The van der Waals surface area contributed by atoms with E-state index in [-0.39, 0.29) is 17.9 Å². The number of carbonyl (C=O) groups is 2. The zero-order chi connectivity index (χ0) is 26.4. The molecule has 2 aliphatic heterocycles. The van der Waals surface area contributed by atoms with E-state index in [0.717, 1.165) is 93.6 Å². The molecule has 0 unspecified atom stereocenters. The van der Waals surface area contributed by atoms with Crippen LogP contribution in [0.15, 0.2) is 29.3 Å². The van der Waals surface area contributed by atoms with Crippen LogP contribution in [0.1, 0.15) is 23.1 Å². The fraction of sp³-hybridized carbons (Fsp3) is 0.520. The zero-order valence-corrected chi connectivity index (χ0v) is 22.5. The van der Waals surface area contributed by atoms with Gasteiger partial charge in [0.1, 0.15) is 0 Å². The molecule has 11 nitrogen and oxygen atoms in total. The van der Waals surface area contributed by atoms with Gasteiger partial charge in [-0.15, -0.1) is 11.3 Å². The molecule has 1 aromatic carbocycles. The molecule has 0 atom stereocenters. The van der Waals surface area contributed by atoms with E-state index in [1.54, 1.807) is 0 Å². The summed E-state index contributed by atoms with van der Waals surface area (Å²) in [6, 6.07) is 7.97. The highest BCUT2D eigenvalue weighted by Crippen LogP contribution is 2.27. The number of aliphatic imine (C=N–C) groups is 1. The Labute approximate surface area is 222 Å². The lowest BCUT2D eigenvalue weighted by atomic mass is 10.1. The molecule has 1 aromatic heterocycles. The van der Waals surface area contributed by atoms with Crippen LogP contribution < -0.4 is 16.8 Å². The monoisotopic (exact) mass is 527 g/mol. The van der Waals surface area contributed by atoms with Gasteiger partial charge in [0.25, 0.3) is 0 Å². The molecule has 4 rings (SSSR count). The van der Waals surface area contributed by atoms with Crippen molar-refractivity contribution < 1.29 is 9.59 Å². The molecule has 0 radical (unpaired) electrons. The van der Waals surface area contributed by atoms with Crippen LogP contribution in [0.5, 0.6) is 0 Å². The van der Waals surface area contributed by atoms with Crippen molar-refractivity contribution >= 4 is 40.1 Å². The van der Waals surface area contributed by atoms with Gasteiger partial charge in [-0.1, -0.05) is 12.1 Å². The van der Waals surface area contributed by atoms with Gasteiger partial charge in [-0.25, -0.2) is 14.8 Å². The second kappa shape index (κ2) is 12.3. The topological polar surface area (TPSA) is 136 Å². The molecule has 3 amide bonds. The average molecular weight is 528 g/mol. The largest absolute Gasteiger partial charge is 0.370 e. The minimum absolute atomic E-state index is 0.0369. The van der Waals surface area contributed by atoms with E-state index >= 15 is 0 Å². The first-order chi connectivity index (χ1) is 17.8. The number of carbonyl (C=O) groups excluding carboxylic acids is 2. The van der Waals surface area contributed by atoms with Gasteiger partial charge in [-0.3, -0.25) is 9.69 Å². The van der Waals surface area contributed by atoms with E-state index in [9.17, 15) is 9.59 Å². The number of urea groups is 1. The van der Waals surface area contributed by atoms with Crippen LogP contribution in [-0.4, -0.2) is 102 Å². The second-order valence-electron chi connectivity index (χ2n) is 9.61. The average Bonchev–Trinajstić information content (AvgIpc) is 3.23. The number of benzene rings is 1. The van der Waals surface area contributed by atoms with Gasteiger partial charge in [-0.05, 0) is 37.6 Å². The van der Waals surface area contributed by atoms with Crippen molar-refractivity contribution in [3.63, 3.8) is 0 Å². The first kappa shape index (κ1) is 26.8. The number of amides is 3. The van der Waals surface area contributed by atoms with E-state index in [2.05, 4.69) is 27.2 Å². The fourth-order valence-electron chi connectivity index (χ4n) is 4.55. The number of guanidine groups is 1. The predicted molar refractivity (Wildman–Crippen MR) is 147 cm³/mol. The van der Waals surface area contributed by atoms with Crippen LogP contribution in [-0.2, 0) is 24.2 Å². The molecule has 37 heavy (non-hydrogen) atoms. The summed E-state index contributed by atoms with van der Waals surface area (Å²) in [6.07, 6.45) is 1.57. The standard InChI is InChI=1S/C25H37N9O2S/c1-18(35)28-24-30-21(8-5-19-3-6-20(7-4-19)29-23(26)27)22(37-24)17-32-11-15-34(16-12-32)25(36)33-13-9-31(2)10-14-33/h3-4,6-7H,5,8-17H2,1-2H3,(H4,26,27,29)(H,28,30,35). The third-order valence-corrected chi connectivity index (χ3v) is 7.69. The number of thiazole rings is 1. The van der Waals surface area contributed by atoms with Crippen molar-refractivity contribution in [2.24, 2.45) is 16.5 Å². The second-order valence-corrected chi connectivity index (χ2v) is 10.7. The van der Waals surface area contributed by atoms with Crippen LogP contribution in [0.3, 0.4) is 0 Å². The first-order valence-corrected chi connectivity index (χ1v) is 13.5. The van der Waals surface area contributed by atoms with E-state index in [0.29, 0.717) is 5.13 Å². The molecule has 5 N–H and O–H groups in total. The lowest BCUT2D eigenvalue weighted by Gasteiger charge is -2.39. The number of rotatable bonds is 7. The SMILES string of the molecule is CC(=O)Nc1nc(CCc2ccc(N=C(N)N)cc2)c(CN2CCN(C(=O)N3CCN(C)CC3)CC2)s1. The van der Waals surface area contributed by atoms with E-state index in [1.807, 2.05) is 34.1 Å². The van der Waals surface area contributed by atoms with Gasteiger partial charge >= 0.3 is 6.03 Å². The minimum atomic E-state index is -0.127. The fourth-order valence-corrected chi connectivity index (χ4v) is 5.65. The Morgan fingerprint density at radius 2 is 1.59 bits per heavy atom. The van der Waals surface area contributed by atoms with Crippen molar-refractivity contribution in [2.75, 3.05) is 64.7 Å². The number of aromatic nitrogens is 1. The summed E-state index contributed by atoms with van der Waals surface area (Å²) >= 11 is 1.53. The van der Waals surface area contributed by atoms with Crippen LogP contribution in [0.4, 0.5) is 15.6 Å². The number of anilines is 1. The van der Waals surface area contributed by atoms with Crippen molar-refractivity contribution in [2.45, 2.75) is 26.3 Å². The van der Waals surface area contributed by atoms with Crippen molar-refractivity contribution in [3.05, 3.63) is 40.4 Å². The quantitative estimate of drug-likeness (QED) is 0.364. The molecular weight excluding hydrogens is 490 g/mol. The minimum Gasteiger partial charge on any atom is -0.370 e. The smallest absolute Gasteiger partial charge is 0.320 e. The lowest BCUT2D eigenvalue weighted by Crippen LogP contribution is -2.56. The molecule has 2 aromatic rings. The molecule has 0 aliphatic carbocycles. The molecule has 200 valence electrons. The van der Waals surface area contributed by atoms with Gasteiger partial charge in [0, 0.05) is 70.7 Å². The highest BCUT2D eigenvalue weighted by Gasteiger charge is 2.27. The number of nitrogens with zero attached hydrogens (tertiary/aromatic N) is 6. The van der Waals surface area contributed by atoms with E-state index < -0.39 is 0 Å². The molecule has 2 aliphatic rings. The Hall–Kier alpha value is -3.22. The molecule has 3 heterocycles. The highest BCUT2D eigenvalue weighted by molar-refractivity contribution is 7.15. The maximum Gasteiger partial charge on any atom is 0.320 e. The molecule has 2 saturated heterocycles. The lowest BCUT2D eigenvalue weighted by molar-refractivity contribution is -0.114. The van der Waals surface area contributed by atoms with Crippen LogP contribution in [0, 0.1) is 0 Å². The van der Waals surface area contributed by atoms with E-state index in [1.165, 1.54) is 18.3 Å². The first-order valence-electron chi connectivity index (χ1n) is 12.7. The van der Waals surface area contributed by atoms with Gasteiger partial charge < -0.3 is 31.5 Å². The molecular formula is C25H37N9O2S. The molecule has 2 fully saturated rings. The zero-order valence-electron chi connectivity index (χ0n) is 21.7. The number of likely N-dealkylation sites (N-methyl/N-ethyl adjacent to an activating group) is 1. The Morgan fingerprint density at radius 1 is 0.973 bits per heavy atom. The number of nitrogens with two attached hydrogens (primary N) is 2. The number of hydrogen-bond acceptors (Lipinski definition) is 7. The predicted octanol–water partition coefficient (Wildman–Crippen LogP) is 1.28. The third-order valence-electron chi connectivity index (χ3n) is 6.69. The Balaban J connectivity index is 1.35. The Bertz CT molecular complexity index is 1100. The molecule has 12 heteroatoms. The Morgan fingerprint density at radius 3 is 2.19 bits per heavy atom. The molecule has 0 spiro atoms. The van der Waals surface area contributed by atoms with Crippen LogP contribution in [0.2, 0.25) is 0 Å². The van der Waals surface area contributed by atoms with Crippen LogP contribution >= 0.6 is 11.3 Å². The highest BCUT2D eigenvalue weighted by atomic mass is 32.1. The summed E-state index contributed by atoms with van der Waals surface area (Å²) in [5.74, 6) is -0.0897. The number of piperazine rings is 2. The summed E-state index contributed by atoms with van der Waals surface area (Å²) in [5, 5.41) is 3.47. The van der Waals surface area contributed by atoms with Gasteiger partial charge in [0.15, 0.2) is 11.1 Å².